The summed E-state index contributed by atoms with van der Waals surface area (Å²) in [6.07, 6.45) is 50.0. The SMILES string of the molecule is CCCCCCCCCCCCN(C)CC(N)=O.CCCCCCCCCCCCN(CC=O)C(=O)CN(CCCCCCCCCCCC)C(=O)CN(CCCCCCCCCCCC)C(=O)CNCCO. The maximum Gasteiger partial charge on any atom is 0.242 e. The molecule has 0 atom stereocenters. The van der Waals surface area contributed by atoms with Gasteiger partial charge in [-0.05, 0) is 39.3 Å². The number of primary amides is 1. The second-order valence-electron chi connectivity index (χ2n) is 21.5. The van der Waals surface area contributed by atoms with E-state index in [9.17, 15) is 29.1 Å². The third-order valence-corrected chi connectivity index (χ3v) is 14.2. The summed E-state index contributed by atoms with van der Waals surface area (Å²) in [6, 6.07) is 0. The Morgan fingerprint density at radius 3 is 0.973 bits per heavy atom. The molecule has 0 aromatic rings. The Labute approximate surface area is 451 Å². The van der Waals surface area contributed by atoms with Crippen molar-refractivity contribution in [2.75, 3.05) is 79.1 Å². The van der Waals surface area contributed by atoms with E-state index in [1.54, 1.807) is 14.7 Å². The maximum absolute atomic E-state index is 14.0. The van der Waals surface area contributed by atoms with Crippen molar-refractivity contribution in [3.05, 3.63) is 0 Å². The van der Waals surface area contributed by atoms with Crippen molar-refractivity contribution in [1.82, 2.24) is 24.9 Å². The molecule has 0 aliphatic heterocycles. The van der Waals surface area contributed by atoms with Gasteiger partial charge in [0.1, 0.15) is 6.29 Å². The monoisotopic (exact) mass is 1030 g/mol. The normalized spacial score (nSPS) is 11.2. The standard InChI is InChI=1S/C46H90N4O5.C15H32N2O/c1-4-7-10-13-16-19-22-25-28-31-35-48(38-40-52)45(54)42-50(37-33-30-27-24-21-18-15-12-9-6-3)46(55)43-49(44(53)41-47-34-39-51)36-32-29-26-23-20-17-14-11-8-5-2;1-3-4-5-6-7-8-9-10-11-12-13-17(2)14-15(16)18/h40,47,51H,4-39,41-43H2,1-3H3;3-14H2,1-2H3,(H2,16,18). The summed E-state index contributed by atoms with van der Waals surface area (Å²) in [5, 5.41) is 12.2. The van der Waals surface area contributed by atoms with E-state index in [2.05, 4.69) is 33.0 Å². The zero-order chi connectivity index (χ0) is 54.1. The Bertz CT molecular complexity index is 1230. The second-order valence-corrected chi connectivity index (χ2v) is 21.5. The van der Waals surface area contributed by atoms with Crippen LogP contribution < -0.4 is 11.1 Å². The van der Waals surface area contributed by atoms with E-state index in [-0.39, 0.29) is 56.4 Å². The zero-order valence-electron chi connectivity index (χ0n) is 49.0. The fourth-order valence-corrected chi connectivity index (χ4v) is 9.49. The second kappa shape index (κ2) is 58.7. The molecule has 0 spiro atoms. The highest BCUT2D eigenvalue weighted by Crippen LogP contribution is 2.15. The molecular formula is C61H122N6O6. The molecule has 0 aliphatic carbocycles. The van der Waals surface area contributed by atoms with Gasteiger partial charge in [-0.25, -0.2) is 0 Å². The van der Waals surface area contributed by atoms with Crippen LogP contribution in [0.3, 0.4) is 0 Å². The number of nitrogens with two attached hydrogens (primary N) is 1. The number of aldehydes is 1. The first-order valence-corrected chi connectivity index (χ1v) is 31.2. The molecule has 0 radical (unpaired) electrons. The smallest absolute Gasteiger partial charge is 0.242 e. The summed E-state index contributed by atoms with van der Waals surface area (Å²) in [6.45, 7) is 12.1. The molecule has 0 unspecified atom stereocenters. The highest BCUT2D eigenvalue weighted by molar-refractivity contribution is 5.89. The molecule has 73 heavy (non-hydrogen) atoms. The summed E-state index contributed by atoms with van der Waals surface area (Å²) in [4.78, 5) is 70.1. The van der Waals surface area contributed by atoms with Crippen molar-refractivity contribution >= 4 is 29.9 Å². The van der Waals surface area contributed by atoms with Crippen LogP contribution in [-0.2, 0) is 24.0 Å². The quantitative estimate of drug-likeness (QED) is 0.0401. The number of nitrogens with one attached hydrogen (secondary N) is 1. The van der Waals surface area contributed by atoms with Crippen LogP contribution >= 0.6 is 0 Å². The van der Waals surface area contributed by atoms with Crippen LogP contribution in [0.15, 0.2) is 0 Å². The van der Waals surface area contributed by atoms with Crippen LogP contribution in [0.2, 0.25) is 0 Å². The molecule has 0 aromatic carbocycles. The molecule has 12 heteroatoms. The molecule has 4 N–H and O–H groups in total. The highest BCUT2D eigenvalue weighted by Gasteiger charge is 2.25. The predicted octanol–water partition coefficient (Wildman–Crippen LogP) is 13.3. The van der Waals surface area contributed by atoms with E-state index in [1.165, 1.54) is 199 Å². The first-order chi connectivity index (χ1) is 35.6. The van der Waals surface area contributed by atoms with Crippen LogP contribution in [0.4, 0.5) is 0 Å². The van der Waals surface area contributed by atoms with Crippen molar-refractivity contribution in [2.45, 2.75) is 285 Å². The Morgan fingerprint density at radius 2 is 0.671 bits per heavy atom. The molecule has 0 rings (SSSR count). The van der Waals surface area contributed by atoms with Gasteiger partial charge in [0.2, 0.25) is 23.6 Å². The van der Waals surface area contributed by atoms with Crippen molar-refractivity contribution in [2.24, 2.45) is 5.73 Å². The molecule has 0 saturated heterocycles. The highest BCUT2D eigenvalue weighted by atomic mass is 16.3. The lowest BCUT2D eigenvalue weighted by Gasteiger charge is -2.29. The lowest BCUT2D eigenvalue weighted by Crippen LogP contribution is -2.49. The van der Waals surface area contributed by atoms with Crippen LogP contribution in [0, 0.1) is 0 Å². The van der Waals surface area contributed by atoms with E-state index >= 15 is 0 Å². The number of aliphatic hydroxyl groups is 1. The van der Waals surface area contributed by atoms with Crippen molar-refractivity contribution in [1.29, 1.82) is 0 Å². The van der Waals surface area contributed by atoms with Gasteiger partial charge in [0.15, 0.2) is 0 Å². The number of aliphatic hydroxyl groups excluding tert-OH is 1. The number of likely N-dealkylation sites (N-methyl/N-ethyl adjacent to an activating group) is 1. The minimum Gasteiger partial charge on any atom is -0.395 e. The number of unbranched alkanes of at least 4 members (excludes halogenated alkanes) is 36. The largest absolute Gasteiger partial charge is 0.395 e. The zero-order valence-corrected chi connectivity index (χ0v) is 49.0. The lowest BCUT2D eigenvalue weighted by atomic mass is 10.1. The first-order valence-electron chi connectivity index (χ1n) is 31.2. The number of rotatable bonds is 56. The molecule has 0 heterocycles. The van der Waals surface area contributed by atoms with Crippen LogP contribution in [0.25, 0.3) is 0 Å². The van der Waals surface area contributed by atoms with Gasteiger partial charge in [-0.1, -0.05) is 259 Å². The van der Waals surface area contributed by atoms with Crippen LogP contribution in [0.1, 0.15) is 285 Å². The van der Waals surface area contributed by atoms with Crippen LogP contribution in [0.5, 0.6) is 0 Å². The average Bonchev–Trinajstić information content (AvgIpc) is 3.37. The van der Waals surface area contributed by atoms with Gasteiger partial charge in [-0.2, -0.15) is 0 Å². The topological polar surface area (TPSA) is 157 Å². The average molecular weight is 1040 g/mol. The van der Waals surface area contributed by atoms with Crippen molar-refractivity contribution in [3.8, 4) is 0 Å². The predicted molar refractivity (Wildman–Crippen MR) is 310 cm³/mol. The molecule has 12 nitrogen and oxygen atoms in total. The molecule has 0 fully saturated rings. The summed E-state index contributed by atoms with van der Waals surface area (Å²) >= 11 is 0. The number of carbonyl (C=O) groups is 5. The maximum atomic E-state index is 14.0. The number of amides is 4. The fraction of sp³-hybridized carbons (Fsp3) is 0.918. The number of carbonyl (C=O) groups excluding carboxylic acids is 5. The molecular weight excluding hydrogens is 913 g/mol. The summed E-state index contributed by atoms with van der Waals surface area (Å²) in [5.74, 6) is -0.798. The van der Waals surface area contributed by atoms with Crippen molar-refractivity contribution < 1.29 is 29.1 Å². The molecule has 0 aliphatic rings. The van der Waals surface area contributed by atoms with Gasteiger partial charge in [0, 0.05) is 26.2 Å². The Morgan fingerprint density at radius 1 is 0.397 bits per heavy atom. The molecule has 0 aromatic heterocycles. The first kappa shape index (κ1) is 72.5. The Balaban J connectivity index is 0. The number of hydrogen-bond donors (Lipinski definition) is 3. The van der Waals surface area contributed by atoms with E-state index in [4.69, 9.17) is 5.73 Å². The Kier molecular flexibility index (Phi) is 58.3. The van der Waals surface area contributed by atoms with Gasteiger partial charge in [0.05, 0.1) is 39.3 Å². The van der Waals surface area contributed by atoms with Gasteiger partial charge in [-0.3, -0.25) is 24.1 Å². The van der Waals surface area contributed by atoms with Gasteiger partial charge in [-0.15, -0.1) is 0 Å². The van der Waals surface area contributed by atoms with E-state index in [0.717, 1.165) is 70.6 Å². The summed E-state index contributed by atoms with van der Waals surface area (Å²) in [7, 11) is 1.96. The number of nitrogens with zero attached hydrogens (tertiary/aromatic N) is 4. The molecule has 0 bridgehead atoms. The minimum atomic E-state index is -0.232. The van der Waals surface area contributed by atoms with Crippen molar-refractivity contribution in [3.63, 3.8) is 0 Å². The summed E-state index contributed by atoms with van der Waals surface area (Å²) in [5.41, 5.74) is 5.13. The van der Waals surface area contributed by atoms with Gasteiger partial charge >= 0.3 is 0 Å². The third kappa shape index (κ3) is 52.7. The number of hydrogen-bond acceptors (Lipinski definition) is 8. The van der Waals surface area contributed by atoms with Gasteiger partial charge < -0.3 is 35.7 Å². The minimum absolute atomic E-state index is 0.0381. The molecule has 432 valence electrons. The van der Waals surface area contributed by atoms with Gasteiger partial charge in [0.25, 0.3) is 0 Å². The van der Waals surface area contributed by atoms with E-state index in [1.807, 2.05) is 11.9 Å². The van der Waals surface area contributed by atoms with E-state index < -0.39 is 0 Å². The van der Waals surface area contributed by atoms with E-state index in [0.29, 0.717) is 32.7 Å². The Hall–Kier alpha value is -2.57. The summed E-state index contributed by atoms with van der Waals surface area (Å²) < 4.78 is 0. The van der Waals surface area contributed by atoms with Crippen LogP contribution in [-0.4, -0.2) is 134 Å². The fourth-order valence-electron chi connectivity index (χ4n) is 9.49. The molecule has 4 amide bonds. The lowest BCUT2D eigenvalue weighted by molar-refractivity contribution is -0.144. The third-order valence-electron chi connectivity index (χ3n) is 14.2. The molecule has 0 saturated carbocycles.